The molecule has 0 spiro atoms. The third kappa shape index (κ3) is 84.9. The van der Waals surface area contributed by atoms with Gasteiger partial charge in [-0.25, -0.2) is 0 Å². The molecular weight excluding hydrogens is 1010 g/mol. The Morgan fingerprint density at radius 3 is 0.782 bits per heavy atom. The van der Waals surface area contributed by atoms with Crippen molar-refractivity contribution >= 4 is 23.7 Å². The van der Waals surface area contributed by atoms with Gasteiger partial charge in [-0.1, -0.05) is 106 Å². The number of rotatable bonds is 60. The predicted molar refractivity (Wildman–Crippen MR) is 306 cm³/mol. The number of hydrogen-bond acceptors (Lipinski definition) is 16. The lowest BCUT2D eigenvalue weighted by Crippen LogP contribution is -2.14. The molecule has 0 aliphatic carbocycles. The van der Waals surface area contributed by atoms with Crippen molar-refractivity contribution in [3.8, 4) is 0 Å². The van der Waals surface area contributed by atoms with Gasteiger partial charge in [-0.15, -0.1) is 0 Å². The van der Waals surface area contributed by atoms with E-state index in [1.807, 2.05) is 0 Å². The Hall–Kier alpha value is -2.40. The van der Waals surface area contributed by atoms with Crippen molar-refractivity contribution in [1.82, 2.24) is 0 Å². The molecular formula is C59H118O19. The summed E-state index contributed by atoms with van der Waals surface area (Å²) in [6, 6.07) is 0. The molecule has 3 N–H and O–H groups in total. The number of carbonyl (C=O) groups is 4. The lowest BCUT2D eigenvalue weighted by Gasteiger charge is -2.14. The number of hydrogen-bond donors (Lipinski definition) is 3. The van der Waals surface area contributed by atoms with E-state index in [9.17, 15) is 19.2 Å². The first-order chi connectivity index (χ1) is 37.9. The minimum atomic E-state index is -0.791. The van der Waals surface area contributed by atoms with Crippen LogP contribution in [0.1, 0.15) is 190 Å². The van der Waals surface area contributed by atoms with Crippen molar-refractivity contribution in [2.75, 3.05) is 159 Å². The van der Waals surface area contributed by atoms with Crippen LogP contribution in [0.5, 0.6) is 0 Å². The number of ketones is 1. The average molecular weight is 1130 g/mol. The lowest BCUT2D eigenvalue weighted by atomic mass is 10.0. The standard InChI is InChI=1S/C17H34O4.C14H28O6.C14H28O5.C14H28O4/c1-4-6-9-17(5-2)15-21-14-13-20-12-11-19-10-7-8-16(3)18;1-2-3-6-17-8-10-19-12-13-20-11-9-18-7-4-5-14(15)16;1-2-3-4-5-8-17-10-12-19-13-11-18-9-6-7-14(15)16;1-3-5-7-13(4-2)12-18-11-10-17-9-6-8-14(15)16/h17H,4-15H2,1-3H3;2-13H2,1H3,(H,15,16);2-13H2,1H3,(H,15,16);13H,3-12H2,1-2H3,(H,15,16). The van der Waals surface area contributed by atoms with Crippen molar-refractivity contribution in [2.24, 2.45) is 11.8 Å². The van der Waals surface area contributed by atoms with Gasteiger partial charge in [-0.2, -0.15) is 0 Å². The maximum Gasteiger partial charge on any atom is 0.303 e. The molecule has 0 aliphatic heterocycles. The first-order valence-electron chi connectivity index (χ1n) is 30.0. The summed E-state index contributed by atoms with van der Waals surface area (Å²) in [5.41, 5.74) is 0. The highest BCUT2D eigenvalue weighted by Gasteiger charge is 2.07. The van der Waals surface area contributed by atoms with E-state index in [0.717, 1.165) is 52.1 Å². The maximum atomic E-state index is 10.7. The molecule has 0 aromatic carbocycles. The molecule has 0 rings (SSSR count). The second kappa shape index (κ2) is 74.6. The van der Waals surface area contributed by atoms with Crippen LogP contribution in [-0.4, -0.2) is 198 Å². The van der Waals surface area contributed by atoms with Gasteiger partial charge in [0.2, 0.25) is 0 Å². The molecule has 0 bridgehead atoms. The van der Waals surface area contributed by atoms with Crippen LogP contribution in [0.2, 0.25) is 0 Å². The third-order valence-corrected chi connectivity index (χ3v) is 11.4. The van der Waals surface area contributed by atoms with Gasteiger partial charge in [-0.3, -0.25) is 14.4 Å². The summed E-state index contributed by atoms with van der Waals surface area (Å²) in [5, 5.41) is 25.3. The summed E-state index contributed by atoms with van der Waals surface area (Å²) in [5.74, 6) is -0.768. The van der Waals surface area contributed by atoms with Crippen LogP contribution in [0.3, 0.4) is 0 Å². The number of unbranched alkanes of at least 4 members (excludes halogenated alkanes) is 6. The van der Waals surface area contributed by atoms with Crippen LogP contribution >= 0.6 is 0 Å². The summed E-state index contributed by atoms with van der Waals surface area (Å²) in [6.07, 6.45) is 20.6. The van der Waals surface area contributed by atoms with Crippen LogP contribution in [-0.2, 0) is 76.0 Å². The van der Waals surface area contributed by atoms with Crippen LogP contribution in [0.25, 0.3) is 0 Å². The molecule has 0 aromatic rings. The van der Waals surface area contributed by atoms with E-state index in [1.54, 1.807) is 6.92 Å². The van der Waals surface area contributed by atoms with Crippen LogP contribution in [0.4, 0.5) is 0 Å². The third-order valence-electron chi connectivity index (χ3n) is 11.4. The van der Waals surface area contributed by atoms with E-state index in [1.165, 1.54) is 70.6 Å². The van der Waals surface area contributed by atoms with Gasteiger partial charge in [0, 0.05) is 78.5 Å². The van der Waals surface area contributed by atoms with Gasteiger partial charge >= 0.3 is 17.9 Å². The molecule has 0 radical (unpaired) electrons. The normalized spacial score (nSPS) is 11.7. The Labute approximate surface area is 473 Å². The van der Waals surface area contributed by atoms with E-state index >= 15 is 0 Å². The number of carboxylic acids is 3. The molecule has 78 heavy (non-hydrogen) atoms. The summed E-state index contributed by atoms with van der Waals surface area (Å²) in [6.45, 7) is 29.3. The van der Waals surface area contributed by atoms with E-state index in [2.05, 4.69) is 41.5 Å². The molecule has 468 valence electrons. The van der Waals surface area contributed by atoms with Gasteiger partial charge in [0.05, 0.1) is 106 Å². The molecule has 0 heterocycles. The SMILES string of the molecule is CCCCC(CC)COCCOCCCC(=O)O.CCCCC(CC)COCCOCCOCCCC(C)=O.CCCCCCOCCOCCOCCCC(=O)O.CCCCOCCOCCOCCOCCCC(=O)O. The molecule has 2 unspecified atom stereocenters. The molecule has 0 saturated carbocycles. The van der Waals surface area contributed by atoms with Crippen molar-refractivity contribution in [3.63, 3.8) is 0 Å². The number of Topliss-reactive ketones (excluding diaryl/α,β-unsaturated/α-hetero) is 1. The van der Waals surface area contributed by atoms with E-state index < -0.39 is 17.9 Å². The summed E-state index contributed by atoms with van der Waals surface area (Å²) in [7, 11) is 0. The fourth-order valence-electron chi connectivity index (χ4n) is 6.54. The largest absolute Gasteiger partial charge is 0.481 e. The Kier molecular flexibility index (Phi) is 78.5. The Morgan fingerprint density at radius 2 is 0.526 bits per heavy atom. The first kappa shape index (κ1) is 82.1. The zero-order chi connectivity index (χ0) is 58.5. The quantitative estimate of drug-likeness (QED) is 0.0480. The van der Waals surface area contributed by atoms with Crippen LogP contribution in [0.15, 0.2) is 0 Å². The van der Waals surface area contributed by atoms with Crippen molar-refractivity contribution in [3.05, 3.63) is 0 Å². The first-order valence-corrected chi connectivity index (χ1v) is 30.0. The van der Waals surface area contributed by atoms with E-state index in [0.29, 0.717) is 170 Å². The highest BCUT2D eigenvalue weighted by Crippen LogP contribution is 2.13. The second-order valence-corrected chi connectivity index (χ2v) is 18.8. The molecule has 0 fully saturated rings. The van der Waals surface area contributed by atoms with Crippen molar-refractivity contribution in [2.45, 2.75) is 190 Å². The van der Waals surface area contributed by atoms with Gasteiger partial charge in [0.15, 0.2) is 0 Å². The molecule has 0 aromatic heterocycles. The minimum Gasteiger partial charge on any atom is -0.481 e. The number of aliphatic carboxylic acids is 3. The summed E-state index contributed by atoms with van der Waals surface area (Å²) in [4.78, 5) is 41.4. The highest BCUT2D eigenvalue weighted by atomic mass is 16.6. The second-order valence-electron chi connectivity index (χ2n) is 18.8. The fraction of sp³-hybridized carbons (Fsp3) is 0.932. The lowest BCUT2D eigenvalue weighted by molar-refractivity contribution is -0.138. The molecule has 19 heteroatoms. The van der Waals surface area contributed by atoms with Crippen LogP contribution < -0.4 is 0 Å². The fourth-order valence-corrected chi connectivity index (χ4v) is 6.54. The number of ether oxygens (including phenoxy) is 12. The van der Waals surface area contributed by atoms with Gasteiger partial charge in [0.25, 0.3) is 0 Å². The van der Waals surface area contributed by atoms with Crippen molar-refractivity contribution < 1.29 is 91.3 Å². The van der Waals surface area contributed by atoms with Gasteiger partial charge < -0.3 is 77.0 Å². The zero-order valence-corrected chi connectivity index (χ0v) is 50.6. The summed E-state index contributed by atoms with van der Waals surface area (Å²) < 4.78 is 64.5. The number of carbonyl (C=O) groups excluding carboxylic acids is 1. The highest BCUT2D eigenvalue weighted by molar-refractivity contribution is 5.75. The molecule has 0 aliphatic rings. The average Bonchev–Trinajstić information content (AvgIpc) is 3.41. The Morgan fingerprint density at radius 1 is 0.282 bits per heavy atom. The molecule has 0 amide bonds. The predicted octanol–water partition coefficient (Wildman–Crippen LogP) is 10.9. The molecule has 2 atom stereocenters. The smallest absolute Gasteiger partial charge is 0.303 e. The Bertz CT molecular complexity index is 1180. The van der Waals surface area contributed by atoms with Gasteiger partial charge in [-0.05, 0) is 70.1 Å². The molecule has 0 saturated heterocycles. The van der Waals surface area contributed by atoms with Crippen LogP contribution in [0, 0.1) is 11.8 Å². The molecule has 19 nitrogen and oxygen atoms in total. The van der Waals surface area contributed by atoms with Gasteiger partial charge in [0.1, 0.15) is 5.78 Å². The Balaban J connectivity index is -0.000000469. The summed E-state index contributed by atoms with van der Waals surface area (Å²) >= 11 is 0. The monoisotopic (exact) mass is 1130 g/mol. The topological polar surface area (TPSA) is 240 Å². The maximum absolute atomic E-state index is 10.7. The van der Waals surface area contributed by atoms with Crippen molar-refractivity contribution in [1.29, 1.82) is 0 Å². The minimum absolute atomic E-state index is 0.148. The number of carboxylic acid groups (broad SMARTS) is 3. The zero-order valence-electron chi connectivity index (χ0n) is 50.6. The van der Waals surface area contributed by atoms with E-state index in [4.69, 9.17) is 72.2 Å². The van der Waals surface area contributed by atoms with E-state index in [-0.39, 0.29) is 25.0 Å².